The van der Waals surface area contributed by atoms with E-state index >= 15 is 0 Å². The molecule has 0 aliphatic heterocycles. The van der Waals surface area contributed by atoms with Gasteiger partial charge in [-0.2, -0.15) is 9.97 Å². The minimum atomic E-state index is 0.487. The topological polar surface area (TPSA) is 97.1 Å². The van der Waals surface area contributed by atoms with Crippen LogP contribution in [0.15, 0.2) is 219 Å². The number of para-hydroxylation sites is 5. The zero-order valence-corrected chi connectivity index (χ0v) is 37.3. The lowest BCUT2D eigenvalue weighted by Crippen LogP contribution is -2.12. The molecule has 0 aliphatic carbocycles. The van der Waals surface area contributed by atoms with E-state index in [1.807, 2.05) is 55.4 Å². The molecule has 0 saturated heterocycles. The molecule has 0 bridgehead atoms. The number of pyridine rings is 3. The highest BCUT2D eigenvalue weighted by atomic mass is 15.2. The van der Waals surface area contributed by atoms with Crippen molar-refractivity contribution in [1.82, 2.24) is 48.2 Å². The SMILES string of the molecule is c1ccc(-c2nc(-c3c(-n4c5ccccc5c5ccncc54)ccc(-n4c5ccccc5c5ccncc54)c3-n3c4ccccc4c4ccncc43)nc(-n3c4ccccc4c4ccccc43)n2)cc1. The lowest BCUT2D eigenvalue weighted by Gasteiger charge is -2.24. The van der Waals surface area contributed by atoms with Gasteiger partial charge in [0.2, 0.25) is 5.95 Å². The summed E-state index contributed by atoms with van der Waals surface area (Å²) in [5.74, 6) is 1.53. The quantitative estimate of drug-likeness (QED) is 0.165. The number of aromatic nitrogens is 10. The van der Waals surface area contributed by atoms with E-state index in [1.54, 1.807) is 0 Å². The summed E-state index contributed by atoms with van der Waals surface area (Å²) in [4.78, 5) is 31.1. The summed E-state index contributed by atoms with van der Waals surface area (Å²) in [7, 11) is 0. The van der Waals surface area contributed by atoms with E-state index in [9.17, 15) is 0 Å². The van der Waals surface area contributed by atoms with Gasteiger partial charge in [0.25, 0.3) is 0 Å². The standard InChI is InChI=1S/C60H36N10/c1-2-14-37(15-3-1)58-64-59(66-60(65-58)70-49-24-12-7-16-38(49)39-17-8-13-25-50(39)70)56-51(67-46-21-9-4-18-40(46)43-28-31-61-34-53(43)67)26-27-52(68-47-22-10-5-19-41(47)44-29-32-62-35-54(44)68)57(56)69-48-23-11-6-20-42(48)45-30-33-63-36-55(45)69/h1-36H. The fraction of sp³-hybridized carbons (Fsp3) is 0. The molecule has 7 aromatic carbocycles. The van der Waals surface area contributed by atoms with Crippen LogP contribution >= 0.6 is 0 Å². The number of fused-ring (bicyclic) bond motifs is 12. The number of hydrogen-bond acceptors (Lipinski definition) is 6. The Morgan fingerprint density at radius 2 is 0.643 bits per heavy atom. The maximum Gasteiger partial charge on any atom is 0.238 e. The normalized spacial score (nSPS) is 12.0. The average molecular weight is 897 g/mol. The molecule has 8 heterocycles. The third-order valence-corrected chi connectivity index (χ3v) is 13.9. The van der Waals surface area contributed by atoms with Crippen LogP contribution in [0.1, 0.15) is 0 Å². The molecule has 0 amide bonds. The van der Waals surface area contributed by atoms with Gasteiger partial charge in [0.15, 0.2) is 11.6 Å². The molecule has 10 nitrogen and oxygen atoms in total. The van der Waals surface area contributed by atoms with Crippen LogP contribution in [0, 0.1) is 0 Å². The second-order valence-corrected chi connectivity index (χ2v) is 17.6. The average Bonchev–Trinajstić information content (AvgIpc) is 4.16. The van der Waals surface area contributed by atoms with Crippen molar-refractivity contribution in [2.45, 2.75) is 0 Å². The maximum absolute atomic E-state index is 5.74. The molecular formula is C60H36N10. The third kappa shape index (κ3) is 5.43. The van der Waals surface area contributed by atoms with Crippen molar-refractivity contribution in [3.8, 4) is 45.8 Å². The van der Waals surface area contributed by atoms with E-state index in [0.717, 1.165) is 115 Å². The van der Waals surface area contributed by atoms with Crippen molar-refractivity contribution >= 4 is 87.2 Å². The van der Waals surface area contributed by atoms with Gasteiger partial charge in [0, 0.05) is 67.2 Å². The summed E-state index contributed by atoms with van der Waals surface area (Å²) in [6.45, 7) is 0. The summed E-state index contributed by atoms with van der Waals surface area (Å²) in [5, 5.41) is 8.80. The van der Waals surface area contributed by atoms with Gasteiger partial charge in [-0.25, -0.2) is 4.98 Å². The highest BCUT2D eigenvalue weighted by Crippen LogP contribution is 2.46. The highest BCUT2D eigenvalue weighted by molar-refractivity contribution is 6.14. The Labute approximate surface area is 398 Å². The third-order valence-electron chi connectivity index (χ3n) is 13.9. The molecule has 0 N–H and O–H groups in total. The molecule has 326 valence electrons. The first-order chi connectivity index (χ1) is 34.8. The molecule has 15 aromatic rings. The molecule has 0 unspecified atom stereocenters. The molecule has 0 spiro atoms. The lowest BCUT2D eigenvalue weighted by atomic mass is 10.0. The molecule has 70 heavy (non-hydrogen) atoms. The molecule has 8 aromatic heterocycles. The van der Waals surface area contributed by atoms with Crippen LogP contribution in [0.25, 0.3) is 133 Å². The molecule has 0 aliphatic rings. The van der Waals surface area contributed by atoms with Gasteiger partial charge in [-0.15, -0.1) is 0 Å². The minimum Gasteiger partial charge on any atom is -0.307 e. The van der Waals surface area contributed by atoms with Crippen LogP contribution in [0.4, 0.5) is 0 Å². The first kappa shape index (κ1) is 38.3. The zero-order chi connectivity index (χ0) is 45.9. The van der Waals surface area contributed by atoms with E-state index in [-0.39, 0.29) is 0 Å². The van der Waals surface area contributed by atoms with E-state index in [0.29, 0.717) is 17.6 Å². The van der Waals surface area contributed by atoms with Gasteiger partial charge in [0.05, 0.1) is 85.3 Å². The Morgan fingerprint density at radius 1 is 0.271 bits per heavy atom. The second kappa shape index (κ2) is 14.9. The first-order valence-electron chi connectivity index (χ1n) is 23.3. The van der Waals surface area contributed by atoms with Gasteiger partial charge < -0.3 is 13.7 Å². The van der Waals surface area contributed by atoms with Crippen LogP contribution in [-0.4, -0.2) is 48.2 Å². The van der Waals surface area contributed by atoms with Crippen LogP contribution in [0.5, 0.6) is 0 Å². The van der Waals surface area contributed by atoms with Crippen molar-refractivity contribution in [2.24, 2.45) is 0 Å². The van der Waals surface area contributed by atoms with Gasteiger partial charge in [-0.05, 0) is 60.7 Å². The predicted octanol–water partition coefficient (Wildman–Crippen LogP) is 13.8. The molecule has 10 heteroatoms. The largest absolute Gasteiger partial charge is 0.307 e. The zero-order valence-electron chi connectivity index (χ0n) is 37.3. The fourth-order valence-electron chi connectivity index (χ4n) is 11.0. The van der Waals surface area contributed by atoms with Crippen molar-refractivity contribution in [3.05, 3.63) is 219 Å². The number of nitrogens with zero attached hydrogens (tertiary/aromatic N) is 10. The molecule has 15 rings (SSSR count). The van der Waals surface area contributed by atoms with E-state index in [1.165, 1.54) is 0 Å². The summed E-state index contributed by atoms with van der Waals surface area (Å²) in [6, 6.07) is 63.7. The highest BCUT2D eigenvalue weighted by Gasteiger charge is 2.30. The summed E-state index contributed by atoms with van der Waals surface area (Å²) >= 11 is 0. The van der Waals surface area contributed by atoms with Crippen molar-refractivity contribution in [2.75, 3.05) is 0 Å². The summed E-state index contributed by atoms with van der Waals surface area (Å²) in [6.07, 6.45) is 11.5. The first-order valence-corrected chi connectivity index (χ1v) is 23.3. The Morgan fingerprint density at radius 3 is 1.14 bits per heavy atom. The molecule has 0 radical (unpaired) electrons. The lowest BCUT2D eigenvalue weighted by molar-refractivity contribution is 0.948. The minimum absolute atomic E-state index is 0.487. The Bertz CT molecular complexity index is 4400. The summed E-state index contributed by atoms with van der Waals surface area (Å²) < 4.78 is 9.21. The predicted molar refractivity (Wildman–Crippen MR) is 281 cm³/mol. The van der Waals surface area contributed by atoms with Crippen molar-refractivity contribution in [1.29, 1.82) is 0 Å². The van der Waals surface area contributed by atoms with E-state index < -0.39 is 0 Å². The summed E-state index contributed by atoms with van der Waals surface area (Å²) in [5.41, 5.74) is 12.2. The van der Waals surface area contributed by atoms with Crippen LogP contribution < -0.4 is 0 Å². The van der Waals surface area contributed by atoms with Crippen LogP contribution in [0.2, 0.25) is 0 Å². The number of hydrogen-bond donors (Lipinski definition) is 0. The van der Waals surface area contributed by atoms with Crippen molar-refractivity contribution in [3.63, 3.8) is 0 Å². The van der Waals surface area contributed by atoms with E-state index in [4.69, 9.17) is 29.9 Å². The smallest absolute Gasteiger partial charge is 0.238 e. The van der Waals surface area contributed by atoms with Gasteiger partial charge in [-0.3, -0.25) is 19.5 Å². The van der Waals surface area contributed by atoms with Gasteiger partial charge in [0.1, 0.15) is 0 Å². The van der Waals surface area contributed by atoms with Crippen LogP contribution in [0.3, 0.4) is 0 Å². The molecule has 0 fully saturated rings. The maximum atomic E-state index is 5.74. The van der Waals surface area contributed by atoms with Gasteiger partial charge >= 0.3 is 0 Å². The van der Waals surface area contributed by atoms with Gasteiger partial charge in [-0.1, -0.05) is 121 Å². The fourth-order valence-corrected chi connectivity index (χ4v) is 11.0. The monoisotopic (exact) mass is 896 g/mol. The van der Waals surface area contributed by atoms with E-state index in [2.05, 4.69) is 182 Å². The molecular weight excluding hydrogens is 861 g/mol. The Hall–Kier alpha value is -9.80. The Balaban J connectivity index is 1.20. The second-order valence-electron chi connectivity index (χ2n) is 17.6. The number of benzene rings is 7. The van der Waals surface area contributed by atoms with Crippen molar-refractivity contribution < 1.29 is 0 Å². The van der Waals surface area contributed by atoms with Crippen LogP contribution in [-0.2, 0) is 0 Å². The molecule has 0 atom stereocenters. The number of rotatable bonds is 6. The molecule has 0 saturated carbocycles. The Kier molecular flexibility index (Phi) is 8.13.